The number of hydrogen-bond acceptors (Lipinski definition) is 7. The van der Waals surface area contributed by atoms with Crippen LogP contribution in [-0.2, 0) is 0 Å². The normalized spacial score (nSPS) is 16.2. The minimum atomic E-state index is -0.303. The van der Waals surface area contributed by atoms with E-state index >= 15 is 0 Å². The standard InChI is InChI=1S/C14H19FN2O2.C7H9NOS.C2H6/c1-10(17-5-3-2-4-6-17)13-11(15)9-12-14(16-13)19-8-7-18-12;1-5-3-7(9-10)4-6(2)8-5;1-2/h9-10H,2-8H2,1H3;3-4,10H,1-2H3;1-2H3. The van der Waals surface area contributed by atoms with Gasteiger partial charge in [-0.2, -0.15) is 0 Å². The molecule has 0 radical (unpaired) electrons. The van der Waals surface area contributed by atoms with Gasteiger partial charge in [0.15, 0.2) is 5.75 Å². The van der Waals surface area contributed by atoms with E-state index in [4.69, 9.17) is 13.7 Å². The molecule has 1 fully saturated rings. The highest BCUT2D eigenvalue weighted by atomic mass is 32.1. The second-order valence-corrected chi connectivity index (χ2v) is 7.49. The number of halogens is 1. The zero-order valence-corrected chi connectivity index (χ0v) is 20.0. The number of piperidine rings is 1. The van der Waals surface area contributed by atoms with Gasteiger partial charge in [-0.1, -0.05) is 20.3 Å². The molecule has 31 heavy (non-hydrogen) atoms. The molecule has 2 aliphatic rings. The molecule has 0 aromatic carbocycles. The van der Waals surface area contributed by atoms with Gasteiger partial charge < -0.3 is 13.7 Å². The van der Waals surface area contributed by atoms with Gasteiger partial charge in [-0.3, -0.25) is 9.88 Å². The first-order valence-corrected chi connectivity index (χ1v) is 11.3. The van der Waals surface area contributed by atoms with Crippen molar-refractivity contribution in [1.82, 2.24) is 14.9 Å². The fourth-order valence-electron chi connectivity index (χ4n) is 3.59. The molecular formula is C23H34FN3O3S. The number of aryl methyl sites for hydroxylation is 2. The van der Waals surface area contributed by atoms with Crippen molar-refractivity contribution in [2.45, 2.75) is 59.9 Å². The van der Waals surface area contributed by atoms with Crippen molar-refractivity contribution >= 4 is 12.9 Å². The average Bonchev–Trinajstić information content (AvgIpc) is 2.80. The van der Waals surface area contributed by atoms with Crippen molar-refractivity contribution in [3.8, 4) is 17.4 Å². The minimum absolute atomic E-state index is 0.0175. The quantitative estimate of drug-likeness (QED) is 0.492. The number of ether oxygens (including phenoxy) is 2. The fourth-order valence-corrected chi connectivity index (χ4v) is 3.69. The van der Waals surface area contributed by atoms with Crippen molar-refractivity contribution in [3.05, 3.63) is 41.1 Å². The van der Waals surface area contributed by atoms with Crippen molar-refractivity contribution in [2.24, 2.45) is 0 Å². The number of likely N-dealkylation sites (tertiary alicyclic amines) is 1. The summed E-state index contributed by atoms with van der Waals surface area (Å²) in [5.41, 5.74) is 2.36. The molecule has 2 aromatic rings. The summed E-state index contributed by atoms with van der Waals surface area (Å²) in [6.07, 6.45) is 3.62. The van der Waals surface area contributed by atoms with Gasteiger partial charge in [0.1, 0.15) is 24.8 Å². The highest BCUT2D eigenvalue weighted by molar-refractivity contribution is 7.75. The van der Waals surface area contributed by atoms with Crippen LogP contribution < -0.4 is 13.7 Å². The Kier molecular flexibility index (Phi) is 10.3. The Morgan fingerprint density at radius 2 is 1.61 bits per heavy atom. The lowest BCUT2D eigenvalue weighted by Crippen LogP contribution is -2.33. The van der Waals surface area contributed by atoms with Crippen LogP contribution >= 0.6 is 12.9 Å². The average molecular weight is 452 g/mol. The third-order valence-electron chi connectivity index (χ3n) is 5.01. The van der Waals surface area contributed by atoms with Gasteiger partial charge in [0.2, 0.25) is 0 Å². The van der Waals surface area contributed by atoms with Gasteiger partial charge in [0.05, 0.1) is 11.7 Å². The van der Waals surface area contributed by atoms with E-state index in [0.717, 1.165) is 30.2 Å². The molecule has 1 atom stereocenters. The first-order chi connectivity index (χ1) is 15.0. The number of aromatic nitrogens is 2. The summed E-state index contributed by atoms with van der Waals surface area (Å²) < 4.78 is 29.7. The SMILES string of the molecule is CC.CC(c1nc2c(cc1F)OCCO2)N1CCCCC1.Cc1cc(OS)cc(C)n1. The van der Waals surface area contributed by atoms with Crippen LogP contribution in [0.1, 0.15) is 63.2 Å². The maximum atomic E-state index is 14.2. The molecule has 8 heteroatoms. The Bertz CT molecular complexity index is 812. The van der Waals surface area contributed by atoms with Crippen LogP contribution in [0.2, 0.25) is 0 Å². The molecule has 0 aliphatic carbocycles. The number of thiol groups is 1. The van der Waals surface area contributed by atoms with Crippen LogP contribution in [0.3, 0.4) is 0 Å². The predicted octanol–water partition coefficient (Wildman–Crippen LogP) is 5.49. The van der Waals surface area contributed by atoms with Crippen molar-refractivity contribution in [1.29, 1.82) is 0 Å². The monoisotopic (exact) mass is 451 g/mol. The molecule has 0 amide bonds. The Morgan fingerprint density at radius 3 is 2.23 bits per heavy atom. The van der Waals surface area contributed by atoms with Crippen LogP contribution in [0, 0.1) is 19.7 Å². The summed E-state index contributed by atoms with van der Waals surface area (Å²) in [4.78, 5) is 10.8. The maximum absolute atomic E-state index is 14.2. The lowest BCUT2D eigenvalue weighted by molar-refractivity contribution is 0.152. The van der Waals surface area contributed by atoms with Gasteiger partial charge in [-0.15, -0.1) is 0 Å². The second-order valence-electron chi connectivity index (χ2n) is 7.31. The Morgan fingerprint density at radius 1 is 1.00 bits per heavy atom. The summed E-state index contributed by atoms with van der Waals surface area (Å²) in [5, 5.41) is 0. The van der Waals surface area contributed by atoms with Crippen LogP contribution in [0.25, 0.3) is 0 Å². The molecule has 172 valence electrons. The molecule has 0 spiro atoms. The van der Waals surface area contributed by atoms with Gasteiger partial charge in [0, 0.05) is 42.5 Å². The Balaban J connectivity index is 0.000000241. The molecule has 2 aromatic heterocycles. The third-order valence-corrected chi connectivity index (χ3v) is 5.22. The summed E-state index contributed by atoms with van der Waals surface area (Å²) in [6.45, 7) is 12.8. The summed E-state index contributed by atoms with van der Waals surface area (Å²) in [6, 6.07) is 5.05. The van der Waals surface area contributed by atoms with Crippen LogP contribution in [0.5, 0.6) is 17.4 Å². The third kappa shape index (κ3) is 7.25. The van der Waals surface area contributed by atoms with Crippen LogP contribution in [-0.4, -0.2) is 41.2 Å². The lowest BCUT2D eigenvalue weighted by atomic mass is 10.1. The fraction of sp³-hybridized carbons (Fsp3) is 0.565. The molecule has 0 bridgehead atoms. The van der Waals surface area contributed by atoms with E-state index < -0.39 is 0 Å². The van der Waals surface area contributed by atoms with Crippen LogP contribution in [0.15, 0.2) is 18.2 Å². The van der Waals surface area contributed by atoms with E-state index in [0.29, 0.717) is 30.5 Å². The number of hydrogen-bond donors (Lipinski definition) is 1. The molecule has 4 rings (SSSR count). The second kappa shape index (κ2) is 12.7. The van der Waals surface area contributed by atoms with Gasteiger partial charge in [0.25, 0.3) is 5.88 Å². The van der Waals surface area contributed by atoms with E-state index in [1.807, 2.05) is 46.8 Å². The lowest BCUT2D eigenvalue weighted by Gasteiger charge is -2.32. The minimum Gasteiger partial charge on any atom is -0.484 e. The molecule has 6 nitrogen and oxygen atoms in total. The zero-order valence-electron chi connectivity index (χ0n) is 19.2. The van der Waals surface area contributed by atoms with E-state index in [1.54, 1.807) is 0 Å². The van der Waals surface area contributed by atoms with Gasteiger partial charge >= 0.3 is 0 Å². The highest BCUT2D eigenvalue weighted by Crippen LogP contribution is 2.33. The van der Waals surface area contributed by atoms with Crippen molar-refractivity contribution in [3.63, 3.8) is 0 Å². The molecule has 0 N–H and O–H groups in total. The molecule has 1 saturated heterocycles. The number of nitrogens with zero attached hydrogens (tertiary/aromatic N) is 3. The van der Waals surface area contributed by atoms with Crippen molar-refractivity contribution in [2.75, 3.05) is 26.3 Å². The molecule has 1 unspecified atom stereocenters. The Hall–Kier alpha value is -2.06. The van der Waals surface area contributed by atoms with Gasteiger partial charge in [-0.25, -0.2) is 9.37 Å². The number of fused-ring (bicyclic) bond motifs is 1. The molecule has 4 heterocycles. The van der Waals surface area contributed by atoms with Gasteiger partial charge in [-0.05, 0) is 46.7 Å². The van der Waals surface area contributed by atoms with Crippen LogP contribution in [0.4, 0.5) is 4.39 Å². The highest BCUT2D eigenvalue weighted by Gasteiger charge is 2.25. The maximum Gasteiger partial charge on any atom is 0.257 e. The number of rotatable bonds is 3. The van der Waals surface area contributed by atoms with Crippen molar-refractivity contribution < 1.29 is 18.0 Å². The zero-order chi connectivity index (χ0) is 22.8. The topological polar surface area (TPSA) is 56.7 Å². The first kappa shape index (κ1) is 25.2. The predicted molar refractivity (Wildman–Crippen MR) is 124 cm³/mol. The summed E-state index contributed by atoms with van der Waals surface area (Å²) in [7, 11) is 0. The van der Waals surface area contributed by atoms with E-state index in [1.165, 1.54) is 25.3 Å². The van der Waals surface area contributed by atoms with E-state index in [9.17, 15) is 4.39 Å². The summed E-state index contributed by atoms with van der Waals surface area (Å²) >= 11 is 3.68. The molecule has 2 aliphatic heterocycles. The van der Waals surface area contributed by atoms with E-state index in [2.05, 4.69) is 27.8 Å². The molecular weight excluding hydrogens is 417 g/mol. The Labute approximate surface area is 190 Å². The number of pyridine rings is 2. The smallest absolute Gasteiger partial charge is 0.257 e. The largest absolute Gasteiger partial charge is 0.484 e. The van der Waals surface area contributed by atoms with E-state index in [-0.39, 0.29) is 11.9 Å². The molecule has 0 saturated carbocycles. The first-order valence-electron chi connectivity index (χ1n) is 10.9. The summed E-state index contributed by atoms with van der Waals surface area (Å²) in [5.74, 6) is 1.28.